The molecule has 1 rings (SSSR count). The number of aromatic nitrogens is 1. The normalized spacial score (nSPS) is 10.3. The Morgan fingerprint density at radius 3 is 2.93 bits per heavy atom. The van der Waals surface area contributed by atoms with Crippen LogP contribution in [0.5, 0.6) is 0 Å². The van der Waals surface area contributed by atoms with Gasteiger partial charge in [0, 0.05) is 32.9 Å². The summed E-state index contributed by atoms with van der Waals surface area (Å²) in [5.74, 6) is 0.964. The van der Waals surface area contributed by atoms with E-state index in [0.717, 1.165) is 32.1 Å². The molecule has 0 spiro atoms. The van der Waals surface area contributed by atoms with Crippen LogP contribution in [0.4, 0.5) is 5.82 Å². The van der Waals surface area contributed by atoms with Crippen LogP contribution < -0.4 is 10.6 Å². The summed E-state index contributed by atoms with van der Waals surface area (Å²) in [6.07, 6.45) is 1.80. The number of pyridine rings is 1. The Kier molecular flexibility index (Phi) is 5.73. The Morgan fingerprint density at radius 1 is 1.33 bits per heavy atom. The molecule has 0 saturated heterocycles. The van der Waals surface area contributed by atoms with Gasteiger partial charge in [-0.15, -0.1) is 0 Å². The van der Waals surface area contributed by atoms with Gasteiger partial charge in [-0.1, -0.05) is 6.07 Å². The molecule has 0 aromatic carbocycles. The van der Waals surface area contributed by atoms with E-state index in [9.17, 15) is 0 Å². The molecular weight excluding hydrogens is 190 g/mol. The molecule has 0 saturated carbocycles. The van der Waals surface area contributed by atoms with Crippen molar-refractivity contribution in [3.8, 4) is 0 Å². The van der Waals surface area contributed by atoms with Gasteiger partial charge in [-0.05, 0) is 18.6 Å². The number of hydrogen-bond donors (Lipinski definition) is 2. The van der Waals surface area contributed by atoms with Crippen LogP contribution in [0, 0.1) is 6.92 Å². The predicted molar refractivity (Wildman–Crippen MR) is 62.2 cm³/mol. The summed E-state index contributed by atoms with van der Waals surface area (Å²) < 4.78 is 4.93. The standard InChI is InChI=1S/C11H19N3O/c1-10-4-3-5-13-11(10)14-7-6-12-8-9-15-2/h3-5,12H,6-9H2,1-2H3,(H,13,14). The highest BCUT2D eigenvalue weighted by atomic mass is 16.5. The largest absolute Gasteiger partial charge is 0.383 e. The third kappa shape index (κ3) is 4.76. The second-order valence-electron chi connectivity index (χ2n) is 3.34. The third-order valence-corrected chi connectivity index (χ3v) is 2.09. The van der Waals surface area contributed by atoms with E-state index in [2.05, 4.69) is 15.6 Å². The van der Waals surface area contributed by atoms with Gasteiger partial charge >= 0.3 is 0 Å². The maximum absolute atomic E-state index is 4.93. The predicted octanol–water partition coefficient (Wildman–Crippen LogP) is 1.04. The lowest BCUT2D eigenvalue weighted by Gasteiger charge is -2.08. The third-order valence-electron chi connectivity index (χ3n) is 2.09. The molecule has 1 heterocycles. The van der Waals surface area contributed by atoms with Gasteiger partial charge in [0.1, 0.15) is 5.82 Å². The molecular formula is C11H19N3O. The SMILES string of the molecule is COCCNCCNc1ncccc1C. The van der Waals surface area contributed by atoms with Crippen LogP contribution >= 0.6 is 0 Å². The Morgan fingerprint density at radius 2 is 2.20 bits per heavy atom. The smallest absolute Gasteiger partial charge is 0.128 e. The molecule has 4 nitrogen and oxygen atoms in total. The maximum Gasteiger partial charge on any atom is 0.128 e. The van der Waals surface area contributed by atoms with Crippen molar-refractivity contribution in [3.63, 3.8) is 0 Å². The molecule has 4 heteroatoms. The summed E-state index contributed by atoms with van der Waals surface area (Å²) in [5.41, 5.74) is 1.18. The number of nitrogens with one attached hydrogen (secondary N) is 2. The van der Waals surface area contributed by atoms with Crippen molar-refractivity contribution < 1.29 is 4.74 Å². The van der Waals surface area contributed by atoms with E-state index < -0.39 is 0 Å². The van der Waals surface area contributed by atoms with Crippen LogP contribution in [0.1, 0.15) is 5.56 Å². The molecule has 0 radical (unpaired) electrons. The summed E-state index contributed by atoms with van der Waals surface area (Å²) in [6, 6.07) is 3.99. The van der Waals surface area contributed by atoms with E-state index in [1.165, 1.54) is 5.56 Å². The van der Waals surface area contributed by atoms with Crippen LogP contribution in [0.3, 0.4) is 0 Å². The lowest BCUT2D eigenvalue weighted by Crippen LogP contribution is -2.25. The maximum atomic E-state index is 4.93. The van der Waals surface area contributed by atoms with Crippen LogP contribution in [-0.4, -0.2) is 38.3 Å². The summed E-state index contributed by atoms with van der Waals surface area (Å²) in [6.45, 7) is 5.48. The van der Waals surface area contributed by atoms with Crippen molar-refractivity contribution in [1.29, 1.82) is 0 Å². The highest BCUT2D eigenvalue weighted by Gasteiger charge is 1.95. The second-order valence-corrected chi connectivity index (χ2v) is 3.34. The Bertz CT molecular complexity index is 278. The zero-order chi connectivity index (χ0) is 10.9. The van der Waals surface area contributed by atoms with Gasteiger partial charge in [-0.3, -0.25) is 0 Å². The number of methoxy groups -OCH3 is 1. The van der Waals surface area contributed by atoms with Crippen LogP contribution in [0.15, 0.2) is 18.3 Å². The summed E-state index contributed by atoms with van der Waals surface area (Å²) in [7, 11) is 1.71. The minimum absolute atomic E-state index is 0.753. The van der Waals surface area contributed by atoms with Crippen LogP contribution in [0.2, 0.25) is 0 Å². The first-order valence-corrected chi connectivity index (χ1v) is 5.19. The Balaban J connectivity index is 2.12. The van der Waals surface area contributed by atoms with Crippen molar-refractivity contribution >= 4 is 5.82 Å². The average Bonchev–Trinajstić information content (AvgIpc) is 2.25. The molecule has 0 amide bonds. The summed E-state index contributed by atoms with van der Waals surface area (Å²) >= 11 is 0. The summed E-state index contributed by atoms with van der Waals surface area (Å²) in [5, 5.41) is 6.54. The first-order valence-electron chi connectivity index (χ1n) is 5.19. The molecule has 84 valence electrons. The van der Waals surface area contributed by atoms with Crippen molar-refractivity contribution in [1.82, 2.24) is 10.3 Å². The topological polar surface area (TPSA) is 46.2 Å². The van der Waals surface area contributed by atoms with Crippen molar-refractivity contribution in [2.75, 3.05) is 38.7 Å². The molecule has 0 fully saturated rings. The Hall–Kier alpha value is -1.13. The average molecular weight is 209 g/mol. The van der Waals surface area contributed by atoms with Gasteiger partial charge in [0.05, 0.1) is 6.61 Å². The van der Waals surface area contributed by atoms with E-state index in [0.29, 0.717) is 0 Å². The molecule has 0 atom stereocenters. The molecule has 15 heavy (non-hydrogen) atoms. The van der Waals surface area contributed by atoms with Gasteiger partial charge in [-0.2, -0.15) is 0 Å². The minimum atomic E-state index is 0.753. The lowest BCUT2D eigenvalue weighted by atomic mass is 10.3. The number of anilines is 1. The number of hydrogen-bond acceptors (Lipinski definition) is 4. The molecule has 2 N–H and O–H groups in total. The fourth-order valence-electron chi connectivity index (χ4n) is 1.24. The number of nitrogens with zero attached hydrogens (tertiary/aromatic N) is 1. The van der Waals surface area contributed by atoms with Gasteiger partial charge < -0.3 is 15.4 Å². The van der Waals surface area contributed by atoms with Crippen molar-refractivity contribution in [2.24, 2.45) is 0 Å². The van der Waals surface area contributed by atoms with E-state index in [4.69, 9.17) is 4.74 Å². The van der Waals surface area contributed by atoms with E-state index >= 15 is 0 Å². The van der Waals surface area contributed by atoms with E-state index in [1.807, 2.05) is 19.1 Å². The molecule has 1 aromatic heterocycles. The highest BCUT2D eigenvalue weighted by Crippen LogP contribution is 2.07. The molecule has 1 aromatic rings. The van der Waals surface area contributed by atoms with Crippen LogP contribution in [-0.2, 0) is 4.74 Å². The van der Waals surface area contributed by atoms with Crippen molar-refractivity contribution in [3.05, 3.63) is 23.9 Å². The number of rotatable bonds is 7. The number of aryl methyl sites for hydroxylation is 1. The first-order chi connectivity index (χ1) is 7.34. The molecule has 0 aliphatic carbocycles. The fraction of sp³-hybridized carbons (Fsp3) is 0.545. The van der Waals surface area contributed by atoms with Gasteiger partial charge in [-0.25, -0.2) is 4.98 Å². The zero-order valence-corrected chi connectivity index (χ0v) is 9.42. The van der Waals surface area contributed by atoms with E-state index in [-0.39, 0.29) is 0 Å². The fourth-order valence-corrected chi connectivity index (χ4v) is 1.24. The highest BCUT2D eigenvalue weighted by molar-refractivity contribution is 5.42. The minimum Gasteiger partial charge on any atom is -0.383 e. The van der Waals surface area contributed by atoms with Crippen LogP contribution in [0.25, 0.3) is 0 Å². The van der Waals surface area contributed by atoms with Gasteiger partial charge in [0.25, 0.3) is 0 Å². The molecule has 0 bridgehead atoms. The summed E-state index contributed by atoms with van der Waals surface area (Å²) in [4.78, 5) is 4.25. The Labute approximate surface area is 91.1 Å². The van der Waals surface area contributed by atoms with Gasteiger partial charge in [0.15, 0.2) is 0 Å². The second kappa shape index (κ2) is 7.20. The molecule has 0 aliphatic rings. The van der Waals surface area contributed by atoms with Gasteiger partial charge in [0.2, 0.25) is 0 Å². The zero-order valence-electron chi connectivity index (χ0n) is 9.42. The van der Waals surface area contributed by atoms with Crippen molar-refractivity contribution in [2.45, 2.75) is 6.92 Å². The molecule has 0 aliphatic heterocycles. The van der Waals surface area contributed by atoms with E-state index in [1.54, 1.807) is 13.3 Å². The quantitative estimate of drug-likeness (QED) is 0.659. The molecule has 0 unspecified atom stereocenters. The number of ether oxygens (including phenoxy) is 1. The monoisotopic (exact) mass is 209 g/mol. The lowest BCUT2D eigenvalue weighted by molar-refractivity contribution is 0.200. The first kappa shape index (κ1) is 11.9.